The van der Waals surface area contributed by atoms with Crippen molar-refractivity contribution in [1.82, 2.24) is 9.80 Å². The smallest absolute Gasteiger partial charge is 0.240 e. The third-order valence-corrected chi connectivity index (χ3v) is 5.25. The first kappa shape index (κ1) is 22.2. The van der Waals surface area contributed by atoms with Gasteiger partial charge in [0.25, 0.3) is 0 Å². The average molecular weight is 424 g/mol. The molecule has 1 saturated heterocycles. The Hall–Kier alpha value is -3.44. The van der Waals surface area contributed by atoms with Crippen LogP contribution in [-0.4, -0.2) is 61.0 Å². The summed E-state index contributed by atoms with van der Waals surface area (Å²) in [6.45, 7) is 0.306. The minimum absolute atomic E-state index is 0.00672. The molecule has 1 fully saturated rings. The Morgan fingerprint density at radius 3 is 2.23 bits per heavy atom. The topological polar surface area (TPSA) is 99.7 Å². The number of hydrogen-bond acceptors (Lipinski definition) is 5. The summed E-state index contributed by atoms with van der Waals surface area (Å²) >= 11 is 0. The minimum Gasteiger partial charge on any atom is -0.457 e. The maximum atomic E-state index is 13.5. The van der Waals surface area contributed by atoms with Crippen molar-refractivity contribution in [1.29, 1.82) is 5.26 Å². The van der Waals surface area contributed by atoms with E-state index in [0.29, 0.717) is 29.2 Å². The van der Waals surface area contributed by atoms with Crippen LogP contribution in [0.1, 0.15) is 23.5 Å². The second-order valence-corrected chi connectivity index (χ2v) is 7.71. The normalized spacial score (nSPS) is 17.5. The van der Waals surface area contributed by atoms with Crippen LogP contribution >= 0.6 is 0 Å². The van der Waals surface area contributed by atoms with Crippen molar-refractivity contribution in [2.24, 2.45) is 5.73 Å². The van der Waals surface area contributed by atoms with Crippen LogP contribution in [0, 0.1) is 11.3 Å². The molecule has 1 heterocycles. The lowest BCUT2D eigenvalue weighted by atomic mass is 9.89. The number of nitrogens with zero attached hydrogens (tertiary/aromatic N) is 3. The molecule has 2 aromatic carbocycles. The van der Waals surface area contributed by atoms with Gasteiger partial charge in [0.15, 0.2) is 0 Å². The van der Waals surface area contributed by atoms with Gasteiger partial charge in [-0.25, -0.2) is 4.39 Å². The van der Waals surface area contributed by atoms with E-state index in [1.54, 1.807) is 62.6 Å². The standard InChI is InChI=1S/C23H25FN4O3/c1-27(2)22(29)20(21(26)23(30)28-12-11-17(24)14-28)16-5-9-19(10-6-16)31-18-7-3-15(13-25)4-8-18/h3-10,17,20-21H,11-12,14,26H2,1-2H3/t17-,20?,21?/m0/s1. The quantitative estimate of drug-likeness (QED) is 0.768. The molecular formula is C23H25FN4O3. The monoisotopic (exact) mass is 424 g/mol. The molecule has 1 aliphatic heterocycles. The predicted octanol–water partition coefficient (Wildman–Crippen LogP) is 2.42. The number of rotatable bonds is 6. The van der Waals surface area contributed by atoms with Gasteiger partial charge in [0.1, 0.15) is 23.7 Å². The summed E-state index contributed by atoms with van der Waals surface area (Å²) in [6, 6.07) is 14.4. The van der Waals surface area contributed by atoms with Gasteiger partial charge in [-0.05, 0) is 48.4 Å². The third-order valence-electron chi connectivity index (χ3n) is 5.25. The molecular weight excluding hydrogens is 399 g/mol. The highest BCUT2D eigenvalue weighted by atomic mass is 19.1. The first-order chi connectivity index (χ1) is 14.8. The van der Waals surface area contributed by atoms with Crippen molar-refractivity contribution in [2.75, 3.05) is 27.2 Å². The largest absolute Gasteiger partial charge is 0.457 e. The molecule has 2 amide bonds. The average Bonchev–Trinajstić information content (AvgIpc) is 3.21. The third kappa shape index (κ3) is 5.19. The molecule has 0 saturated carbocycles. The molecule has 0 aromatic heterocycles. The minimum atomic E-state index is -1.12. The fourth-order valence-corrected chi connectivity index (χ4v) is 3.53. The second-order valence-electron chi connectivity index (χ2n) is 7.71. The number of benzene rings is 2. The summed E-state index contributed by atoms with van der Waals surface area (Å²) in [6.07, 6.45) is -0.774. The number of hydrogen-bond donors (Lipinski definition) is 1. The highest BCUT2D eigenvalue weighted by Crippen LogP contribution is 2.28. The van der Waals surface area contributed by atoms with Crippen molar-refractivity contribution in [3.63, 3.8) is 0 Å². The van der Waals surface area contributed by atoms with Crippen LogP contribution < -0.4 is 10.5 Å². The summed E-state index contributed by atoms with van der Waals surface area (Å²) < 4.78 is 19.3. The molecule has 2 aromatic rings. The van der Waals surface area contributed by atoms with Crippen LogP contribution in [0.5, 0.6) is 11.5 Å². The highest BCUT2D eigenvalue weighted by molar-refractivity contribution is 5.93. The SMILES string of the molecule is CN(C)C(=O)C(c1ccc(Oc2ccc(C#N)cc2)cc1)C(N)C(=O)N1CC[C@H](F)C1. The summed E-state index contributed by atoms with van der Waals surface area (Å²) in [4.78, 5) is 28.4. The van der Waals surface area contributed by atoms with E-state index >= 15 is 0 Å². The fourth-order valence-electron chi connectivity index (χ4n) is 3.53. The molecule has 3 rings (SSSR count). The van der Waals surface area contributed by atoms with Gasteiger partial charge >= 0.3 is 0 Å². The summed E-state index contributed by atoms with van der Waals surface area (Å²) in [7, 11) is 3.20. The van der Waals surface area contributed by atoms with Crippen LogP contribution in [0.3, 0.4) is 0 Å². The number of likely N-dealkylation sites (tertiary alicyclic amines) is 1. The Morgan fingerprint density at radius 2 is 1.74 bits per heavy atom. The maximum absolute atomic E-state index is 13.5. The van der Waals surface area contributed by atoms with E-state index in [1.807, 2.05) is 6.07 Å². The molecule has 7 nitrogen and oxygen atoms in total. The molecule has 162 valence electrons. The number of amides is 2. The van der Waals surface area contributed by atoms with Gasteiger partial charge in [0, 0.05) is 20.6 Å². The zero-order valence-corrected chi connectivity index (χ0v) is 17.5. The highest BCUT2D eigenvalue weighted by Gasteiger charge is 2.37. The molecule has 0 bridgehead atoms. The van der Waals surface area contributed by atoms with E-state index in [4.69, 9.17) is 15.7 Å². The summed E-state index contributed by atoms with van der Waals surface area (Å²) in [5.41, 5.74) is 7.33. The zero-order chi connectivity index (χ0) is 22.5. The number of nitriles is 1. The first-order valence-corrected chi connectivity index (χ1v) is 9.97. The van der Waals surface area contributed by atoms with Gasteiger partial charge in [0.05, 0.1) is 24.1 Å². The molecule has 8 heteroatoms. The fraction of sp³-hybridized carbons (Fsp3) is 0.348. The second kappa shape index (κ2) is 9.58. The van der Waals surface area contributed by atoms with E-state index in [-0.39, 0.29) is 18.9 Å². The molecule has 0 spiro atoms. The molecule has 0 aliphatic carbocycles. The number of alkyl halides is 1. The number of carbonyl (C=O) groups is 2. The van der Waals surface area contributed by atoms with Crippen LogP contribution in [0.15, 0.2) is 48.5 Å². The van der Waals surface area contributed by atoms with Crippen LogP contribution in [0.25, 0.3) is 0 Å². The van der Waals surface area contributed by atoms with Crippen LogP contribution in [0.2, 0.25) is 0 Å². The Bertz CT molecular complexity index is 970. The van der Waals surface area contributed by atoms with Gasteiger partial charge < -0.3 is 20.3 Å². The van der Waals surface area contributed by atoms with Gasteiger partial charge in [-0.15, -0.1) is 0 Å². The van der Waals surface area contributed by atoms with E-state index < -0.39 is 24.0 Å². The molecule has 31 heavy (non-hydrogen) atoms. The van der Waals surface area contributed by atoms with Crippen molar-refractivity contribution in [2.45, 2.75) is 24.6 Å². The van der Waals surface area contributed by atoms with E-state index in [0.717, 1.165) is 0 Å². The van der Waals surface area contributed by atoms with Crippen molar-refractivity contribution in [3.8, 4) is 17.6 Å². The lowest BCUT2D eigenvalue weighted by Crippen LogP contribution is -2.50. The maximum Gasteiger partial charge on any atom is 0.240 e. The number of nitrogens with two attached hydrogens (primary N) is 1. The predicted molar refractivity (Wildman–Crippen MR) is 113 cm³/mol. The van der Waals surface area contributed by atoms with E-state index in [2.05, 4.69) is 0 Å². The lowest BCUT2D eigenvalue weighted by Gasteiger charge is -2.28. The van der Waals surface area contributed by atoms with Crippen LogP contribution in [-0.2, 0) is 9.59 Å². The Balaban J connectivity index is 1.79. The number of halogens is 1. The first-order valence-electron chi connectivity index (χ1n) is 9.97. The zero-order valence-electron chi connectivity index (χ0n) is 17.5. The summed E-state index contributed by atoms with van der Waals surface area (Å²) in [5, 5.41) is 8.87. The molecule has 2 N–H and O–H groups in total. The van der Waals surface area contributed by atoms with Crippen molar-refractivity contribution < 1.29 is 18.7 Å². The molecule has 0 radical (unpaired) electrons. The number of ether oxygens (including phenoxy) is 1. The van der Waals surface area contributed by atoms with Gasteiger partial charge in [-0.2, -0.15) is 5.26 Å². The Labute approximate surface area is 180 Å². The van der Waals surface area contributed by atoms with Crippen LogP contribution in [0.4, 0.5) is 4.39 Å². The number of carbonyl (C=O) groups excluding carboxylic acids is 2. The number of likely N-dealkylation sites (N-methyl/N-ethyl adjacent to an activating group) is 1. The van der Waals surface area contributed by atoms with E-state index in [1.165, 1.54) is 9.80 Å². The molecule has 3 atom stereocenters. The Kier molecular flexibility index (Phi) is 6.88. The Morgan fingerprint density at radius 1 is 1.16 bits per heavy atom. The van der Waals surface area contributed by atoms with Crippen molar-refractivity contribution >= 4 is 11.8 Å². The molecule has 2 unspecified atom stereocenters. The molecule has 1 aliphatic rings. The van der Waals surface area contributed by atoms with Gasteiger partial charge in [-0.3, -0.25) is 9.59 Å². The lowest BCUT2D eigenvalue weighted by molar-refractivity contribution is -0.138. The van der Waals surface area contributed by atoms with Crippen molar-refractivity contribution in [3.05, 3.63) is 59.7 Å². The van der Waals surface area contributed by atoms with E-state index in [9.17, 15) is 14.0 Å². The van der Waals surface area contributed by atoms with Gasteiger partial charge in [0.2, 0.25) is 11.8 Å². The van der Waals surface area contributed by atoms with Gasteiger partial charge in [-0.1, -0.05) is 12.1 Å². The summed E-state index contributed by atoms with van der Waals surface area (Å²) in [5.74, 6) is -0.542.